The number of nitrogens with two attached hydrogens (primary N) is 1. The van der Waals surface area contributed by atoms with Gasteiger partial charge in [-0.3, -0.25) is 0 Å². The molecule has 0 heterocycles. The van der Waals surface area contributed by atoms with Crippen molar-refractivity contribution in [3.8, 4) is 11.5 Å². The molecule has 4 heteroatoms. The van der Waals surface area contributed by atoms with Gasteiger partial charge in [-0.2, -0.15) is 0 Å². The topological polar surface area (TPSA) is 35.2 Å². The lowest BCUT2D eigenvalue weighted by molar-refractivity contribution is 0.478. The lowest BCUT2D eigenvalue weighted by atomic mass is 10.1. The second-order valence-electron chi connectivity index (χ2n) is 4.48. The highest BCUT2D eigenvalue weighted by Gasteiger charge is 2.08. The minimum atomic E-state index is -0.0173. The molecule has 1 atom stereocenters. The van der Waals surface area contributed by atoms with Crippen LogP contribution >= 0.6 is 27.5 Å². The van der Waals surface area contributed by atoms with E-state index in [1.807, 2.05) is 50.2 Å². The molecule has 0 aliphatic carbocycles. The average Bonchev–Trinajstić information content (AvgIpc) is 2.33. The van der Waals surface area contributed by atoms with Crippen LogP contribution in [0.15, 0.2) is 40.9 Å². The zero-order chi connectivity index (χ0) is 14.0. The molecule has 0 spiro atoms. The monoisotopic (exact) mass is 339 g/mol. The van der Waals surface area contributed by atoms with Gasteiger partial charge in [-0.15, -0.1) is 0 Å². The van der Waals surface area contributed by atoms with Crippen molar-refractivity contribution in [1.82, 2.24) is 0 Å². The Labute approximate surface area is 126 Å². The third-order valence-corrected chi connectivity index (χ3v) is 3.76. The fourth-order valence-corrected chi connectivity index (χ4v) is 2.63. The Morgan fingerprint density at radius 1 is 1.21 bits per heavy atom. The summed E-state index contributed by atoms with van der Waals surface area (Å²) in [6.07, 6.45) is 0. The van der Waals surface area contributed by atoms with Gasteiger partial charge in [-0.05, 0) is 49.2 Å². The summed E-state index contributed by atoms with van der Waals surface area (Å²) in [6.45, 7) is 3.93. The van der Waals surface area contributed by atoms with Crippen LogP contribution in [0.25, 0.3) is 0 Å². The summed E-state index contributed by atoms with van der Waals surface area (Å²) in [4.78, 5) is 0. The van der Waals surface area contributed by atoms with Crippen LogP contribution < -0.4 is 10.5 Å². The van der Waals surface area contributed by atoms with E-state index in [1.165, 1.54) is 0 Å². The number of hydrogen-bond donors (Lipinski definition) is 1. The molecule has 0 fully saturated rings. The maximum absolute atomic E-state index is 5.98. The Morgan fingerprint density at radius 3 is 2.58 bits per heavy atom. The van der Waals surface area contributed by atoms with Crippen molar-refractivity contribution in [2.24, 2.45) is 5.73 Å². The van der Waals surface area contributed by atoms with E-state index in [4.69, 9.17) is 22.1 Å². The maximum Gasteiger partial charge on any atom is 0.131 e. The van der Waals surface area contributed by atoms with Gasteiger partial charge in [0, 0.05) is 15.5 Å². The van der Waals surface area contributed by atoms with E-state index in [-0.39, 0.29) is 6.04 Å². The number of benzene rings is 2. The summed E-state index contributed by atoms with van der Waals surface area (Å²) in [5.41, 5.74) is 7.96. The van der Waals surface area contributed by atoms with Gasteiger partial charge < -0.3 is 10.5 Å². The van der Waals surface area contributed by atoms with Crippen LogP contribution in [0.3, 0.4) is 0 Å². The van der Waals surface area contributed by atoms with Crippen LogP contribution in [0.1, 0.15) is 24.1 Å². The van der Waals surface area contributed by atoms with E-state index in [1.54, 1.807) is 0 Å². The minimum Gasteiger partial charge on any atom is -0.457 e. The molecule has 0 amide bonds. The van der Waals surface area contributed by atoms with Gasteiger partial charge in [-0.1, -0.05) is 39.7 Å². The Bertz CT molecular complexity index is 599. The van der Waals surface area contributed by atoms with Gasteiger partial charge in [0.2, 0.25) is 0 Å². The van der Waals surface area contributed by atoms with Gasteiger partial charge in [0.05, 0.1) is 0 Å². The normalized spacial score (nSPS) is 12.3. The average molecular weight is 341 g/mol. The predicted octanol–water partition coefficient (Wildman–Crippen LogP) is 5.22. The van der Waals surface area contributed by atoms with Gasteiger partial charge in [-0.25, -0.2) is 0 Å². The zero-order valence-electron chi connectivity index (χ0n) is 10.8. The number of halogens is 2. The van der Waals surface area contributed by atoms with E-state index in [2.05, 4.69) is 15.9 Å². The second-order valence-corrected chi connectivity index (χ2v) is 5.77. The quantitative estimate of drug-likeness (QED) is 0.831. The van der Waals surface area contributed by atoms with Crippen molar-refractivity contribution < 1.29 is 4.74 Å². The summed E-state index contributed by atoms with van der Waals surface area (Å²) >= 11 is 9.48. The lowest BCUT2D eigenvalue weighted by Crippen LogP contribution is -2.05. The third-order valence-electron chi connectivity index (χ3n) is 2.84. The molecular formula is C15H15BrClNO. The van der Waals surface area contributed by atoms with Crippen LogP contribution in [0.2, 0.25) is 5.02 Å². The van der Waals surface area contributed by atoms with Crippen LogP contribution in [0.5, 0.6) is 11.5 Å². The van der Waals surface area contributed by atoms with E-state index in [9.17, 15) is 0 Å². The van der Waals surface area contributed by atoms with Crippen molar-refractivity contribution in [2.45, 2.75) is 19.9 Å². The Morgan fingerprint density at radius 2 is 1.95 bits per heavy atom. The van der Waals surface area contributed by atoms with Crippen LogP contribution in [0, 0.1) is 6.92 Å². The van der Waals surface area contributed by atoms with Crippen molar-refractivity contribution in [2.75, 3.05) is 0 Å². The number of hydrogen-bond acceptors (Lipinski definition) is 2. The zero-order valence-corrected chi connectivity index (χ0v) is 13.1. The Balaban J connectivity index is 2.29. The highest BCUT2D eigenvalue weighted by molar-refractivity contribution is 9.10. The van der Waals surface area contributed by atoms with E-state index < -0.39 is 0 Å². The molecule has 2 N–H and O–H groups in total. The molecule has 2 nitrogen and oxygen atoms in total. The standard InChI is InChI=1S/C15H15BrClNO/c1-9-3-4-11(17)7-15(9)19-12-5-6-13(10(2)18)14(16)8-12/h3-8,10H,18H2,1-2H3/t10-/m0/s1. The Kier molecular flexibility index (Phi) is 4.50. The first-order valence-electron chi connectivity index (χ1n) is 5.96. The fourth-order valence-electron chi connectivity index (χ4n) is 1.75. The molecule has 0 aromatic heterocycles. The van der Waals surface area contributed by atoms with Crippen molar-refractivity contribution in [1.29, 1.82) is 0 Å². The summed E-state index contributed by atoms with van der Waals surface area (Å²) in [5.74, 6) is 1.51. The molecule has 0 radical (unpaired) electrons. The highest BCUT2D eigenvalue weighted by atomic mass is 79.9. The van der Waals surface area contributed by atoms with Crippen molar-refractivity contribution in [3.05, 3.63) is 57.0 Å². The minimum absolute atomic E-state index is 0.0173. The first kappa shape index (κ1) is 14.4. The molecule has 2 rings (SSSR count). The van der Waals surface area contributed by atoms with Crippen LogP contribution in [0.4, 0.5) is 0 Å². The molecule has 2 aromatic carbocycles. The molecule has 0 saturated carbocycles. The molecule has 0 aliphatic heterocycles. The largest absolute Gasteiger partial charge is 0.457 e. The molecule has 100 valence electrons. The maximum atomic E-state index is 5.98. The summed E-state index contributed by atoms with van der Waals surface area (Å²) < 4.78 is 6.79. The first-order valence-corrected chi connectivity index (χ1v) is 7.13. The highest BCUT2D eigenvalue weighted by Crippen LogP contribution is 2.32. The van der Waals surface area contributed by atoms with E-state index >= 15 is 0 Å². The predicted molar refractivity (Wildman–Crippen MR) is 83.0 cm³/mol. The first-order chi connectivity index (χ1) is 8.97. The molecule has 0 saturated heterocycles. The number of rotatable bonds is 3. The van der Waals surface area contributed by atoms with Crippen molar-refractivity contribution in [3.63, 3.8) is 0 Å². The van der Waals surface area contributed by atoms with E-state index in [0.29, 0.717) is 5.02 Å². The number of aryl methyl sites for hydroxylation is 1. The van der Waals surface area contributed by atoms with Crippen LogP contribution in [-0.2, 0) is 0 Å². The van der Waals surface area contributed by atoms with Gasteiger partial charge in [0.1, 0.15) is 11.5 Å². The lowest BCUT2D eigenvalue weighted by Gasteiger charge is -2.12. The summed E-state index contributed by atoms with van der Waals surface area (Å²) in [5, 5.41) is 0.659. The SMILES string of the molecule is Cc1ccc(Cl)cc1Oc1ccc([C@H](C)N)c(Br)c1. The molecule has 2 aromatic rings. The van der Waals surface area contributed by atoms with Crippen LogP contribution in [-0.4, -0.2) is 0 Å². The Hall–Kier alpha value is -1.03. The summed E-state index contributed by atoms with van der Waals surface area (Å²) in [6, 6.07) is 11.4. The second kappa shape index (κ2) is 5.95. The van der Waals surface area contributed by atoms with Gasteiger partial charge in [0.25, 0.3) is 0 Å². The van der Waals surface area contributed by atoms with Crippen molar-refractivity contribution >= 4 is 27.5 Å². The van der Waals surface area contributed by atoms with E-state index in [0.717, 1.165) is 27.1 Å². The molecule has 0 bridgehead atoms. The molecule has 0 aliphatic rings. The van der Waals surface area contributed by atoms with Gasteiger partial charge in [0.15, 0.2) is 0 Å². The molecule has 0 unspecified atom stereocenters. The molecular weight excluding hydrogens is 326 g/mol. The van der Waals surface area contributed by atoms with Gasteiger partial charge >= 0.3 is 0 Å². The smallest absolute Gasteiger partial charge is 0.131 e. The number of ether oxygens (including phenoxy) is 1. The summed E-state index contributed by atoms with van der Waals surface area (Å²) in [7, 11) is 0. The fraction of sp³-hybridized carbons (Fsp3) is 0.200. The third kappa shape index (κ3) is 3.50. The molecule has 19 heavy (non-hydrogen) atoms.